The number of hydrogen-bond donors (Lipinski definition) is 3. The number of aliphatic carboxylic acids is 1. The van der Waals surface area contributed by atoms with E-state index in [0.717, 1.165) is 0 Å². The van der Waals surface area contributed by atoms with Gasteiger partial charge in [-0.1, -0.05) is 0 Å². The normalized spacial score (nSPS) is 15.0. The summed E-state index contributed by atoms with van der Waals surface area (Å²) in [4.78, 5) is 23.5. The molecule has 0 aromatic heterocycles. The highest BCUT2D eigenvalue weighted by molar-refractivity contribution is 5.88. The molecule has 0 spiro atoms. The standard InChI is InChI=1S/C10H19NO5/c1-5(2)11(6(3)4)9(14)7(12)8(13)10(15)16/h5-8,12-13H,1-4H3,(H,15,16)/t7-,8-/m1/s1. The maximum Gasteiger partial charge on any atom is 0.335 e. The zero-order chi connectivity index (χ0) is 13.0. The van der Waals surface area contributed by atoms with Crippen LogP contribution in [-0.2, 0) is 9.59 Å². The average Bonchev–Trinajstić information content (AvgIpc) is 2.13. The first-order chi connectivity index (χ1) is 7.20. The maximum atomic E-state index is 11.7. The van der Waals surface area contributed by atoms with E-state index in [-0.39, 0.29) is 12.1 Å². The van der Waals surface area contributed by atoms with E-state index >= 15 is 0 Å². The number of carbonyl (C=O) groups excluding carboxylic acids is 1. The van der Waals surface area contributed by atoms with Crippen molar-refractivity contribution in [1.82, 2.24) is 4.90 Å². The third-order valence-corrected chi connectivity index (χ3v) is 2.17. The molecule has 6 heteroatoms. The number of rotatable bonds is 5. The van der Waals surface area contributed by atoms with Gasteiger partial charge in [0.05, 0.1) is 0 Å². The van der Waals surface area contributed by atoms with E-state index in [1.165, 1.54) is 4.90 Å². The van der Waals surface area contributed by atoms with Crippen molar-refractivity contribution < 1.29 is 24.9 Å². The highest BCUT2D eigenvalue weighted by atomic mass is 16.4. The van der Waals surface area contributed by atoms with Crippen LogP contribution in [0.4, 0.5) is 0 Å². The smallest absolute Gasteiger partial charge is 0.335 e. The van der Waals surface area contributed by atoms with Crippen LogP contribution in [0.15, 0.2) is 0 Å². The first-order valence-corrected chi connectivity index (χ1v) is 5.11. The van der Waals surface area contributed by atoms with E-state index in [9.17, 15) is 14.7 Å². The van der Waals surface area contributed by atoms with Gasteiger partial charge in [0.25, 0.3) is 5.91 Å². The number of carbonyl (C=O) groups is 2. The Balaban J connectivity index is 4.81. The van der Waals surface area contributed by atoms with Crippen molar-refractivity contribution in [2.24, 2.45) is 0 Å². The summed E-state index contributed by atoms with van der Waals surface area (Å²) in [6, 6.07) is -0.355. The van der Waals surface area contributed by atoms with Crippen molar-refractivity contribution in [1.29, 1.82) is 0 Å². The monoisotopic (exact) mass is 233 g/mol. The molecular weight excluding hydrogens is 214 g/mol. The van der Waals surface area contributed by atoms with Crippen LogP contribution in [-0.4, -0.2) is 56.4 Å². The summed E-state index contributed by atoms with van der Waals surface area (Å²) < 4.78 is 0. The number of amides is 1. The fraction of sp³-hybridized carbons (Fsp3) is 0.800. The molecular formula is C10H19NO5. The molecule has 94 valence electrons. The lowest BCUT2D eigenvalue weighted by atomic mass is 10.1. The first kappa shape index (κ1) is 14.9. The highest BCUT2D eigenvalue weighted by Crippen LogP contribution is 2.09. The second kappa shape index (κ2) is 5.81. The summed E-state index contributed by atoms with van der Waals surface area (Å²) in [6.07, 6.45) is -4.02. The Labute approximate surface area is 94.5 Å². The lowest BCUT2D eigenvalue weighted by molar-refractivity contribution is -0.164. The molecule has 6 nitrogen and oxygen atoms in total. The molecule has 0 radical (unpaired) electrons. The van der Waals surface area contributed by atoms with Crippen LogP contribution < -0.4 is 0 Å². The molecule has 0 saturated carbocycles. The third kappa shape index (κ3) is 3.46. The van der Waals surface area contributed by atoms with E-state index < -0.39 is 24.1 Å². The van der Waals surface area contributed by atoms with Crippen molar-refractivity contribution in [3.8, 4) is 0 Å². The molecule has 0 heterocycles. The fourth-order valence-corrected chi connectivity index (χ4v) is 1.53. The zero-order valence-electron chi connectivity index (χ0n) is 9.91. The second-order valence-corrected chi connectivity index (χ2v) is 4.16. The third-order valence-electron chi connectivity index (χ3n) is 2.17. The van der Waals surface area contributed by atoms with E-state index in [1.807, 2.05) is 0 Å². The lowest BCUT2D eigenvalue weighted by Crippen LogP contribution is -2.52. The summed E-state index contributed by atoms with van der Waals surface area (Å²) >= 11 is 0. The summed E-state index contributed by atoms with van der Waals surface area (Å²) in [7, 11) is 0. The largest absolute Gasteiger partial charge is 0.479 e. The minimum Gasteiger partial charge on any atom is -0.479 e. The lowest BCUT2D eigenvalue weighted by Gasteiger charge is -2.33. The Kier molecular flexibility index (Phi) is 5.40. The van der Waals surface area contributed by atoms with Crippen LogP contribution in [0, 0.1) is 0 Å². The van der Waals surface area contributed by atoms with Crippen LogP contribution >= 0.6 is 0 Å². The molecule has 0 aliphatic heterocycles. The van der Waals surface area contributed by atoms with Gasteiger partial charge in [0, 0.05) is 12.1 Å². The number of aliphatic hydroxyl groups excluding tert-OH is 2. The Morgan fingerprint density at radius 1 is 0.938 bits per heavy atom. The van der Waals surface area contributed by atoms with Gasteiger partial charge in [0.15, 0.2) is 12.2 Å². The van der Waals surface area contributed by atoms with Crippen molar-refractivity contribution in [3.05, 3.63) is 0 Å². The van der Waals surface area contributed by atoms with Crippen LogP contribution in [0.2, 0.25) is 0 Å². The Hall–Kier alpha value is -1.14. The van der Waals surface area contributed by atoms with Gasteiger partial charge in [-0.2, -0.15) is 0 Å². The van der Waals surface area contributed by atoms with Crippen molar-refractivity contribution in [2.75, 3.05) is 0 Å². The second-order valence-electron chi connectivity index (χ2n) is 4.16. The number of carboxylic acid groups (broad SMARTS) is 1. The molecule has 0 saturated heterocycles. The summed E-state index contributed by atoms with van der Waals surface area (Å²) in [6.45, 7) is 6.99. The summed E-state index contributed by atoms with van der Waals surface area (Å²) in [5.41, 5.74) is 0. The van der Waals surface area contributed by atoms with Crippen LogP contribution in [0.25, 0.3) is 0 Å². The molecule has 0 aliphatic rings. The van der Waals surface area contributed by atoms with Gasteiger partial charge in [0.1, 0.15) is 0 Å². The van der Waals surface area contributed by atoms with Gasteiger partial charge in [-0.05, 0) is 27.7 Å². The quantitative estimate of drug-likeness (QED) is 0.591. The molecule has 0 rings (SSSR count). The first-order valence-electron chi connectivity index (χ1n) is 5.11. The van der Waals surface area contributed by atoms with Crippen LogP contribution in [0.5, 0.6) is 0 Å². The van der Waals surface area contributed by atoms with Crippen LogP contribution in [0.3, 0.4) is 0 Å². The molecule has 0 aromatic carbocycles. The SMILES string of the molecule is CC(C)N(C(=O)[C@H](O)[C@@H](O)C(=O)O)C(C)C. The number of hydrogen-bond acceptors (Lipinski definition) is 4. The summed E-state index contributed by atoms with van der Waals surface area (Å²) in [5, 5.41) is 27.0. The maximum absolute atomic E-state index is 11.7. The molecule has 0 fully saturated rings. The molecule has 0 aromatic rings. The predicted octanol–water partition coefficient (Wildman–Crippen LogP) is -0.562. The van der Waals surface area contributed by atoms with Crippen molar-refractivity contribution in [3.63, 3.8) is 0 Å². The predicted molar refractivity (Wildman–Crippen MR) is 56.8 cm³/mol. The zero-order valence-corrected chi connectivity index (χ0v) is 9.91. The van der Waals surface area contributed by atoms with E-state index in [0.29, 0.717) is 0 Å². The van der Waals surface area contributed by atoms with Gasteiger partial charge < -0.3 is 20.2 Å². The van der Waals surface area contributed by atoms with Gasteiger partial charge in [-0.15, -0.1) is 0 Å². The number of carboxylic acids is 1. The Morgan fingerprint density at radius 3 is 1.56 bits per heavy atom. The van der Waals surface area contributed by atoms with Gasteiger partial charge in [-0.25, -0.2) is 4.79 Å². The molecule has 0 aliphatic carbocycles. The summed E-state index contributed by atoms with van der Waals surface area (Å²) in [5.74, 6) is -2.40. The average molecular weight is 233 g/mol. The topological polar surface area (TPSA) is 98.1 Å². The molecule has 16 heavy (non-hydrogen) atoms. The van der Waals surface area contributed by atoms with Gasteiger partial charge in [-0.3, -0.25) is 4.79 Å². The molecule has 2 atom stereocenters. The minimum absolute atomic E-state index is 0.178. The fourth-order valence-electron chi connectivity index (χ4n) is 1.53. The van der Waals surface area contributed by atoms with Crippen LogP contribution in [0.1, 0.15) is 27.7 Å². The van der Waals surface area contributed by atoms with Gasteiger partial charge in [0.2, 0.25) is 0 Å². The van der Waals surface area contributed by atoms with E-state index in [1.54, 1.807) is 27.7 Å². The van der Waals surface area contributed by atoms with Crippen molar-refractivity contribution in [2.45, 2.75) is 52.0 Å². The van der Waals surface area contributed by atoms with Crippen molar-refractivity contribution >= 4 is 11.9 Å². The Bertz CT molecular complexity index is 256. The molecule has 0 unspecified atom stereocenters. The Morgan fingerprint density at radius 2 is 1.31 bits per heavy atom. The number of aliphatic hydroxyl groups is 2. The minimum atomic E-state index is -2.09. The highest BCUT2D eigenvalue weighted by Gasteiger charge is 2.35. The van der Waals surface area contributed by atoms with E-state index in [2.05, 4.69) is 0 Å². The molecule has 0 bridgehead atoms. The van der Waals surface area contributed by atoms with E-state index in [4.69, 9.17) is 10.2 Å². The number of nitrogens with zero attached hydrogens (tertiary/aromatic N) is 1. The molecule has 1 amide bonds. The molecule has 3 N–H and O–H groups in total. The van der Waals surface area contributed by atoms with Gasteiger partial charge >= 0.3 is 5.97 Å².